The maximum atomic E-state index is 12.7. The largest absolute Gasteiger partial charge is 0.487 e. The molecule has 2 heterocycles. The number of ether oxygens (including phenoxy) is 1. The van der Waals surface area contributed by atoms with Gasteiger partial charge in [0.05, 0.1) is 23.5 Å². The quantitative estimate of drug-likeness (QED) is 0.426. The van der Waals surface area contributed by atoms with E-state index in [2.05, 4.69) is 21.8 Å². The summed E-state index contributed by atoms with van der Waals surface area (Å²) < 4.78 is 9.22. The van der Waals surface area contributed by atoms with Crippen LogP contribution in [0.25, 0.3) is 10.9 Å². The zero-order valence-corrected chi connectivity index (χ0v) is 17.6. The summed E-state index contributed by atoms with van der Waals surface area (Å²) >= 11 is 1.52. The van der Waals surface area contributed by atoms with Crippen LogP contribution in [0.5, 0.6) is 5.75 Å². The molecule has 1 aliphatic heterocycles. The number of para-hydroxylation sites is 2. The lowest BCUT2D eigenvalue weighted by Crippen LogP contribution is -2.56. The summed E-state index contributed by atoms with van der Waals surface area (Å²) in [6.45, 7) is 1.22. The fourth-order valence-corrected chi connectivity index (χ4v) is 4.28. The van der Waals surface area contributed by atoms with Gasteiger partial charge in [0.2, 0.25) is 0 Å². The van der Waals surface area contributed by atoms with E-state index in [9.17, 15) is 4.79 Å². The third-order valence-electron chi connectivity index (χ3n) is 5.19. The Labute approximate surface area is 185 Å². The summed E-state index contributed by atoms with van der Waals surface area (Å²) in [5.41, 5.74) is 2.59. The van der Waals surface area contributed by atoms with Crippen LogP contribution < -0.4 is 9.46 Å². The zero-order valence-electron chi connectivity index (χ0n) is 16.8. The van der Waals surface area contributed by atoms with Gasteiger partial charge in [-0.15, -0.1) is 0 Å². The Bertz CT molecular complexity index is 1190. The molecule has 6 heteroatoms. The van der Waals surface area contributed by atoms with E-state index in [1.165, 1.54) is 11.9 Å². The number of aromatic nitrogens is 1. The molecule has 1 fully saturated rings. The predicted molar refractivity (Wildman–Crippen MR) is 124 cm³/mol. The van der Waals surface area contributed by atoms with E-state index in [4.69, 9.17) is 4.74 Å². The van der Waals surface area contributed by atoms with E-state index in [0.29, 0.717) is 18.7 Å². The number of carbonyl (C=O) groups excluding carboxylic acids is 1. The van der Waals surface area contributed by atoms with Crippen LogP contribution >= 0.6 is 11.9 Å². The summed E-state index contributed by atoms with van der Waals surface area (Å²) in [4.78, 5) is 20.0. The summed E-state index contributed by atoms with van der Waals surface area (Å²) in [5.74, 6) is 0.874. The van der Waals surface area contributed by atoms with Gasteiger partial charge in [0.25, 0.3) is 5.91 Å². The highest BCUT2D eigenvalue weighted by Gasteiger charge is 2.32. The molecule has 0 aliphatic carbocycles. The number of nitrogens with zero attached hydrogens (tertiary/aromatic N) is 2. The van der Waals surface area contributed by atoms with E-state index in [1.54, 1.807) is 6.20 Å². The average molecular weight is 428 g/mol. The van der Waals surface area contributed by atoms with Crippen molar-refractivity contribution >= 4 is 34.4 Å². The van der Waals surface area contributed by atoms with Gasteiger partial charge in [0, 0.05) is 22.8 Å². The second-order valence-electron chi connectivity index (χ2n) is 7.38. The number of anilines is 1. The molecule has 5 rings (SSSR count). The van der Waals surface area contributed by atoms with Crippen LogP contribution in [0.4, 0.5) is 5.69 Å². The first-order chi connectivity index (χ1) is 15.3. The first-order valence-electron chi connectivity index (χ1n) is 10.1. The monoisotopic (exact) mass is 427 g/mol. The molecule has 5 nitrogen and oxygen atoms in total. The summed E-state index contributed by atoms with van der Waals surface area (Å²) in [6, 6.07) is 27.4. The van der Waals surface area contributed by atoms with Crippen molar-refractivity contribution in [3.05, 3.63) is 96.7 Å². The highest BCUT2D eigenvalue weighted by Crippen LogP contribution is 2.28. The Morgan fingerprint density at radius 2 is 1.71 bits per heavy atom. The van der Waals surface area contributed by atoms with Crippen LogP contribution in [0, 0.1) is 0 Å². The second kappa shape index (κ2) is 8.70. The predicted octanol–water partition coefficient (Wildman–Crippen LogP) is 5.26. The van der Waals surface area contributed by atoms with Crippen LogP contribution in [0.1, 0.15) is 10.4 Å². The number of amides is 1. The topological polar surface area (TPSA) is 54.5 Å². The molecule has 4 aromatic rings. The normalized spacial score (nSPS) is 13.6. The van der Waals surface area contributed by atoms with Crippen molar-refractivity contribution in [3.63, 3.8) is 0 Å². The molecule has 1 amide bonds. The molecule has 1 aromatic heterocycles. The molecular weight excluding hydrogens is 406 g/mol. The highest BCUT2D eigenvalue weighted by atomic mass is 32.2. The van der Waals surface area contributed by atoms with Crippen LogP contribution in [0.15, 0.2) is 96.0 Å². The standard InChI is InChI=1S/C25H21N3O2S/c29-25(28-16-22(17-28)30-21-8-2-1-3-9-21)19-11-13-20(14-12-19)27-31-23-10-4-6-18-7-5-15-26-24(18)23/h1-15,22,27H,16-17H2. The molecule has 1 saturated heterocycles. The minimum Gasteiger partial charge on any atom is -0.487 e. The van der Waals surface area contributed by atoms with E-state index in [-0.39, 0.29) is 12.0 Å². The van der Waals surface area contributed by atoms with Gasteiger partial charge >= 0.3 is 0 Å². The Morgan fingerprint density at radius 1 is 0.935 bits per heavy atom. The number of benzene rings is 3. The number of fused-ring (bicyclic) bond motifs is 1. The molecule has 3 aromatic carbocycles. The number of likely N-dealkylation sites (tertiary alicyclic amines) is 1. The van der Waals surface area contributed by atoms with Gasteiger partial charge in [-0.05, 0) is 60.5 Å². The third-order valence-corrected chi connectivity index (χ3v) is 6.07. The smallest absolute Gasteiger partial charge is 0.254 e. The van der Waals surface area contributed by atoms with Gasteiger partial charge in [0.15, 0.2) is 0 Å². The van der Waals surface area contributed by atoms with Gasteiger partial charge in [-0.2, -0.15) is 0 Å². The van der Waals surface area contributed by atoms with Crippen LogP contribution in [0.3, 0.4) is 0 Å². The van der Waals surface area contributed by atoms with E-state index in [0.717, 1.165) is 27.2 Å². The van der Waals surface area contributed by atoms with Crippen molar-refractivity contribution in [2.75, 3.05) is 17.8 Å². The number of pyridine rings is 1. The first kappa shape index (κ1) is 19.5. The molecule has 1 aliphatic rings. The average Bonchev–Trinajstić information content (AvgIpc) is 2.80. The number of nitrogens with one attached hydrogen (secondary N) is 1. The Hall–Kier alpha value is -3.51. The summed E-state index contributed by atoms with van der Waals surface area (Å²) in [5, 5.41) is 1.11. The van der Waals surface area contributed by atoms with Crippen molar-refractivity contribution < 1.29 is 9.53 Å². The molecule has 0 unspecified atom stereocenters. The van der Waals surface area contributed by atoms with E-state index < -0.39 is 0 Å². The molecule has 0 atom stereocenters. The van der Waals surface area contributed by atoms with Crippen molar-refractivity contribution in [3.8, 4) is 5.75 Å². The zero-order chi connectivity index (χ0) is 21.0. The summed E-state index contributed by atoms with van der Waals surface area (Å²) in [7, 11) is 0. The SMILES string of the molecule is O=C(c1ccc(NSc2cccc3cccnc23)cc1)N1CC(Oc2ccccc2)C1. The highest BCUT2D eigenvalue weighted by molar-refractivity contribution is 8.00. The van der Waals surface area contributed by atoms with Crippen molar-refractivity contribution in [2.24, 2.45) is 0 Å². The lowest BCUT2D eigenvalue weighted by atomic mass is 10.1. The number of rotatable bonds is 6. The van der Waals surface area contributed by atoms with Gasteiger partial charge in [-0.25, -0.2) is 0 Å². The van der Waals surface area contributed by atoms with Gasteiger partial charge in [-0.3, -0.25) is 9.78 Å². The lowest BCUT2D eigenvalue weighted by Gasteiger charge is -2.39. The molecule has 0 saturated carbocycles. The summed E-state index contributed by atoms with van der Waals surface area (Å²) in [6.07, 6.45) is 1.86. The Morgan fingerprint density at radius 3 is 2.52 bits per heavy atom. The second-order valence-corrected chi connectivity index (χ2v) is 8.22. The molecule has 0 radical (unpaired) electrons. The first-order valence-corrected chi connectivity index (χ1v) is 11.0. The Balaban J connectivity index is 1.16. The molecule has 0 spiro atoms. The Kier molecular flexibility index (Phi) is 5.46. The fourth-order valence-electron chi connectivity index (χ4n) is 3.51. The maximum absolute atomic E-state index is 12.7. The minimum absolute atomic E-state index is 0.0327. The minimum atomic E-state index is 0.0327. The van der Waals surface area contributed by atoms with Gasteiger partial charge in [0.1, 0.15) is 11.9 Å². The van der Waals surface area contributed by atoms with Crippen LogP contribution in [0.2, 0.25) is 0 Å². The third kappa shape index (κ3) is 4.34. The van der Waals surface area contributed by atoms with Gasteiger partial charge < -0.3 is 14.4 Å². The lowest BCUT2D eigenvalue weighted by molar-refractivity contribution is 0.0178. The van der Waals surface area contributed by atoms with Crippen molar-refractivity contribution in [2.45, 2.75) is 11.0 Å². The number of carbonyl (C=O) groups is 1. The van der Waals surface area contributed by atoms with E-state index in [1.807, 2.05) is 77.7 Å². The maximum Gasteiger partial charge on any atom is 0.254 e. The van der Waals surface area contributed by atoms with Crippen LogP contribution in [-0.4, -0.2) is 35.0 Å². The van der Waals surface area contributed by atoms with Crippen molar-refractivity contribution in [1.29, 1.82) is 0 Å². The fraction of sp³-hybridized carbons (Fsp3) is 0.120. The van der Waals surface area contributed by atoms with E-state index >= 15 is 0 Å². The van der Waals surface area contributed by atoms with Crippen LogP contribution in [-0.2, 0) is 0 Å². The molecule has 1 N–H and O–H groups in total. The van der Waals surface area contributed by atoms with Gasteiger partial charge in [-0.1, -0.05) is 36.4 Å². The molecule has 0 bridgehead atoms. The number of hydrogen-bond donors (Lipinski definition) is 1. The number of hydrogen-bond acceptors (Lipinski definition) is 5. The molecule has 31 heavy (non-hydrogen) atoms. The van der Waals surface area contributed by atoms with Crippen molar-refractivity contribution in [1.82, 2.24) is 9.88 Å². The molecular formula is C25H21N3O2S. The molecule has 154 valence electrons.